The lowest BCUT2D eigenvalue weighted by molar-refractivity contribution is -0.123. The molecule has 3 rings (SSSR count). The van der Waals surface area contributed by atoms with Crippen molar-refractivity contribution < 1.29 is 22.7 Å². The summed E-state index contributed by atoms with van der Waals surface area (Å²) in [6.45, 7) is 1.39. The normalized spacial score (nSPS) is 12.1. The van der Waals surface area contributed by atoms with Crippen LogP contribution in [0, 0.1) is 0 Å². The van der Waals surface area contributed by atoms with Gasteiger partial charge in [-0.25, -0.2) is 13.2 Å². The number of sulfonamides is 1. The Hall–Kier alpha value is -2.59. The largest absolute Gasteiger partial charge is 0.449 e. The fourth-order valence-electron chi connectivity index (χ4n) is 2.51. The molecule has 0 aliphatic carbocycles. The topological polar surface area (TPSA) is 102 Å². The molecule has 0 fully saturated rings. The third kappa shape index (κ3) is 5.98. The third-order valence-electron chi connectivity index (χ3n) is 3.93. The van der Waals surface area contributed by atoms with E-state index in [0.717, 1.165) is 11.3 Å². The highest BCUT2D eigenvalue weighted by Crippen LogP contribution is 2.25. The number of halogens is 2. The molecule has 162 valence electrons. The molecule has 0 saturated carbocycles. The smallest absolute Gasteiger partial charge is 0.341 e. The first-order valence-corrected chi connectivity index (χ1v) is 11.9. The predicted octanol–water partition coefficient (Wildman–Crippen LogP) is 5.04. The summed E-state index contributed by atoms with van der Waals surface area (Å²) in [4.78, 5) is 25.0. The zero-order chi connectivity index (χ0) is 22.6. The Bertz CT molecular complexity index is 1190. The van der Waals surface area contributed by atoms with Crippen LogP contribution in [0.5, 0.6) is 0 Å². The summed E-state index contributed by atoms with van der Waals surface area (Å²) in [5, 5.41) is 4.85. The lowest BCUT2D eigenvalue weighted by Crippen LogP contribution is -2.30. The Morgan fingerprint density at radius 1 is 1.03 bits per heavy atom. The molecule has 1 amide bonds. The van der Waals surface area contributed by atoms with Gasteiger partial charge in [0.1, 0.15) is 4.21 Å². The van der Waals surface area contributed by atoms with Gasteiger partial charge in [0.25, 0.3) is 15.9 Å². The van der Waals surface area contributed by atoms with Crippen LogP contribution in [0.4, 0.5) is 11.4 Å². The molecule has 3 aromatic rings. The molecule has 2 N–H and O–H groups in total. The van der Waals surface area contributed by atoms with E-state index in [0.29, 0.717) is 15.7 Å². The number of para-hydroxylation sites is 1. The first-order valence-electron chi connectivity index (χ1n) is 8.79. The van der Waals surface area contributed by atoms with Crippen LogP contribution < -0.4 is 10.0 Å². The van der Waals surface area contributed by atoms with E-state index in [9.17, 15) is 18.0 Å². The summed E-state index contributed by atoms with van der Waals surface area (Å²) in [7, 11) is -3.86. The molecular formula is C20H16Cl2N2O5S2. The van der Waals surface area contributed by atoms with Crippen LogP contribution in [0.25, 0.3) is 0 Å². The van der Waals surface area contributed by atoms with E-state index in [-0.39, 0.29) is 15.5 Å². The Morgan fingerprint density at radius 3 is 2.35 bits per heavy atom. The SMILES string of the molecule is C[C@@H](OC(=O)c1ccccc1NS(=O)(=O)c1cccs1)C(=O)Nc1cc(Cl)cc(Cl)c1. The van der Waals surface area contributed by atoms with Gasteiger partial charge in [0.2, 0.25) is 0 Å². The number of anilines is 2. The minimum Gasteiger partial charge on any atom is -0.449 e. The Morgan fingerprint density at radius 2 is 1.71 bits per heavy atom. The zero-order valence-electron chi connectivity index (χ0n) is 16.0. The number of hydrogen-bond acceptors (Lipinski definition) is 6. The number of nitrogens with one attached hydrogen (secondary N) is 2. The lowest BCUT2D eigenvalue weighted by atomic mass is 10.2. The van der Waals surface area contributed by atoms with E-state index in [1.54, 1.807) is 23.6 Å². The Balaban J connectivity index is 1.72. The van der Waals surface area contributed by atoms with Gasteiger partial charge in [-0.2, -0.15) is 0 Å². The number of carbonyl (C=O) groups is 2. The molecule has 0 aliphatic rings. The fraction of sp³-hybridized carbons (Fsp3) is 0.100. The highest BCUT2D eigenvalue weighted by Gasteiger charge is 2.23. The van der Waals surface area contributed by atoms with Crippen molar-refractivity contribution in [3.8, 4) is 0 Å². The van der Waals surface area contributed by atoms with Crippen LogP contribution in [0.3, 0.4) is 0 Å². The van der Waals surface area contributed by atoms with Crippen LogP contribution in [0.15, 0.2) is 64.2 Å². The number of hydrogen-bond donors (Lipinski definition) is 2. The fourth-order valence-corrected chi connectivity index (χ4v) is 5.11. The van der Waals surface area contributed by atoms with Crippen LogP contribution in [0.2, 0.25) is 10.0 Å². The van der Waals surface area contributed by atoms with Gasteiger partial charge in [0.05, 0.1) is 11.3 Å². The van der Waals surface area contributed by atoms with Gasteiger partial charge in [-0.3, -0.25) is 9.52 Å². The number of carbonyl (C=O) groups excluding carboxylic acids is 2. The molecule has 7 nitrogen and oxygen atoms in total. The second-order valence-corrected chi connectivity index (χ2v) is 10.0. The van der Waals surface area contributed by atoms with Gasteiger partial charge in [0, 0.05) is 15.7 Å². The quantitative estimate of drug-likeness (QED) is 0.444. The number of ether oxygens (including phenoxy) is 1. The molecule has 2 aromatic carbocycles. The third-order valence-corrected chi connectivity index (χ3v) is 7.13. The number of amides is 1. The Labute approximate surface area is 193 Å². The highest BCUT2D eigenvalue weighted by molar-refractivity contribution is 7.94. The zero-order valence-corrected chi connectivity index (χ0v) is 19.1. The second-order valence-electron chi connectivity index (χ2n) is 6.28. The summed E-state index contributed by atoms with van der Waals surface area (Å²) in [6.07, 6.45) is -1.17. The summed E-state index contributed by atoms with van der Waals surface area (Å²) < 4.78 is 32.7. The van der Waals surface area contributed by atoms with Crippen LogP contribution in [0.1, 0.15) is 17.3 Å². The van der Waals surface area contributed by atoms with E-state index >= 15 is 0 Å². The van der Waals surface area contributed by atoms with Crippen LogP contribution >= 0.6 is 34.5 Å². The number of thiophene rings is 1. The predicted molar refractivity (Wildman–Crippen MR) is 122 cm³/mol. The first-order chi connectivity index (χ1) is 14.7. The van der Waals surface area contributed by atoms with Crippen molar-refractivity contribution in [2.24, 2.45) is 0 Å². The summed E-state index contributed by atoms with van der Waals surface area (Å²) in [6, 6.07) is 13.5. The van der Waals surface area contributed by atoms with Gasteiger partial charge in [-0.15, -0.1) is 11.3 Å². The molecule has 0 bridgehead atoms. The number of rotatable bonds is 7. The van der Waals surface area contributed by atoms with Crippen molar-refractivity contribution in [2.75, 3.05) is 10.0 Å². The van der Waals surface area contributed by atoms with Crippen LogP contribution in [-0.4, -0.2) is 26.4 Å². The molecule has 1 aromatic heterocycles. The molecule has 1 atom stereocenters. The summed E-state index contributed by atoms with van der Waals surface area (Å²) >= 11 is 12.9. The standard InChI is InChI=1S/C20H16Cl2N2O5S2/c1-12(19(25)23-15-10-13(21)9-14(22)11-15)29-20(26)16-5-2-3-6-17(16)24-31(27,28)18-7-4-8-30-18/h2-12,24H,1H3,(H,23,25)/t12-/m1/s1. The number of esters is 1. The second kappa shape index (κ2) is 9.69. The summed E-state index contributed by atoms with van der Waals surface area (Å²) in [5.74, 6) is -1.47. The van der Waals surface area contributed by atoms with Crippen LogP contribution in [-0.2, 0) is 19.6 Å². The maximum Gasteiger partial charge on any atom is 0.341 e. The lowest BCUT2D eigenvalue weighted by Gasteiger charge is -2.16. The molecule has 1 heterocycles. The molecule has 0 spiro atoms. The molecular weight excluding hydrogens is 483 g/mol. The van der Waals surface area contributed by atoms with E-state index in [1.165, 1.54) is 43.3 Å². The molecule has 0 radical (unpaired) electrons. The van der Waals surface area contributed by atoms with E-state index < -0.39 is 28.0 Å². The average Bonchev–Trinajstić information content (AvgIpc) is 3.23. The molecule has 0 saturated heterocycles. The number of benzene rings is 2. The van der Waals surface area contributed by atoms with Crippen molar-refractivity contribution in [3.63, 3.8) is 0 Å². The Kier molecular flexibility index (Phi) is 7.22. The van der Waals surface area contributed by atoms with Crippen molar-refractivity contribution in [1.29, 1.82) is 0 Å². The minimum atomic E-state index is -3.86. The minimum absolute atomic E-state index is 0.0342. The van der Waals surface area contributed by atoms with Gasteiger partial charge in [-0.05, 0) is 48.7 Å². The molecule has 0 unspecified atom stereocenters. The molecule has 11 heteroatoms. The van der Waals surface area contributed by atoms with Gasteiger partial charge < -0.3 is 10.1 Å². The average molecular weight is 499 g/mol. The van der Waals surface area contributed by atoms with Crippen molar-refractivity contribution in [3.05, 3.63) is 75.6 Å². The highest BCUT2D eigenvalue weighted by atomic mass is 35.5. The van der Waals surface area contributed by atoms with E-state index in [2.05, 4.69) is 10.0 Å². The van der Waals surface area contributed by atoms with Gasteiger partial charge in [-0.1, -0.05) is 41.4 Å². The van der Waals surface area contributed by atoms with Crippen molar-refractivity contribution in [2.45, 2.75) is 17.2 Å². The first kappa shape index (κ1) is 23.1. The monoisotopic (exact) mass is 498 g/mol. The molecule has 0 aliphatic heterocycles. The van der Waals surface area contributed by atoms with E-state index in [1.807, 2.05) is 0 Å². The van der Waals surface area contributed by atoms with Gasteiger partial charge >= 0.3 is 5.97 Å². The summed E-state index contributed by atoms with van der Waals surface area (Å²) in [5.41, 5.74) is 0.345. The maximum absolute atomic E-state index is 12.6. The molecule has 31 heavy (non-hydrogen) atoms. The van der Waals surface area contributed by atoms with Crippen molar-refractivity contribution in [1.82, 2.24) is 0 Å². The van der Waals surface area contributed by atoms with E-state index in [4.69, 9.17) is 27.9 Å². The van der Waals surface area contributed by atoms with Gasteiger partial charge in [0.15, 0.2) is 6.10 Å². The maximum atomic E-state index is 12.6. The van der Waals surface area contributed by atoms with Crippen molar-refractivity contribution >= 4 is 67.8 Å².